The van der Waals surface area contributed by atoms with Crippen LogP contribution in [0.25, 0.3) is 10.2 Å². The number of nitrogens with zero attached hydrogens (tertiary/aromatic N) is 2. The van der Waals surface area contributed by atoms with Crippen molar-refractivity contribution in [2.24, 2.45) is 5.92 Å². The third-order valence-corrected chi connectivity index (χ3v) is 6.54. The van der Waals surface area contributed by atoms with Gasteiger partial charge in [0.25, 0.3) is 5.56 Å². The topological polar surface area (TPSA) is 64.0 Å². The van der Waals surface area contributed by atoms with Crippen LogP contribution >= 0.6 is 23.1 Å². The Balaban J connectivity index is 1.96. The molecule has 2 aromatic heterocycles. The lowest BCUT2D eigenvalue weighted by atomic mass is 9.89. The van der Waals surface area contributed by atoms with E-state index in [-0.39, 0.29) is 23.8 Å². The van der Waals surface area contributed by atoms with Crippen LogP contribution in [0.4, 0.5) is 0 Å². The minimum Gasteiger partial charge on any atom is -0.344 e. The minimum absolute atomic E-state index is 0.0195. The average Bonchev–Trinajstić information content (AvgIpc) is 2.95. The summed E-state index contributed by atoms with van der Waals surface area (Å²) in [6, 6.07) is 0. The van der Waals surface area contributed by atoms with E-state index >= 15 is 0 Å². The van der Waals surface area contributed by atoms with Gasteiger partial charge in [-0.15, -0.1) is 17.8 Å². The summed E-state index contributed by atoms with van der Waals surface area (Å²) in [5, 5.41) is 4.01. The summed E-state index contributed by atoms with van der Waals surface area (Å²) in [5.74, 6) is 3.07. The molecule has 1 aliphatic rings. The number of aryl methyl sites for hydroxylation is 1. The molecule has 5 nitrogen and oxygen atoms in total. The van der Waals surface area contributed by atoms with E-state index in [1.54, 1.807) is 15.9 Å². The molecule has 0 saturated carbocycles. The molecule has 0 fully saturated rings. The Kier molecular flexibility index (Phi) is 5.50. The van der Waals surface area contributed by atoms with Crippen LogP contribution in [0.3, 0.4) is 0 Å². The molecule has 0 spiro atoms. The molecule has 0 aliphatic heterocycles. The van der Waals surface area contributed by atoms with Crippen LogP contribution in [0.2, 0.25) is 0 Å². The van der Waals surface area contributed by atoms with Gasteiger partial charge in [-0.3, -0.25) is 14.2 Å². The summed E-state index contributed by atoms with van der Waals surface area (Å²) in [5.41, 5.74) is 1.21. The second kappa shape index (κ2) is 7.63. The number of hydrogen-bond acceptors (Lipinski definition) is 5. The smallest absolute Gasteiger partial charge is 0.263 e. The Bertz CT molecular complexity index is 908. The SMILES string of the molecule is C#CCNC(=O)CSc1nc2sc3c(c2c(=O)n1CC)CC[C@H](C)C3. The molecule has 1 N–H and O–H groups in total. The van der Waals surface area contributed by atoms with E-state index in [0.717, 1.165) is 29.5 Å². The maximum Gasteiger partial charge on any atom is 0.263 e. The molecule has 1 atom stereocenters. The van der Waals surface area contributed by atoms with E-state index in [2.05, 4.69) is 18.2 Å². The third-order valence-electron chi connectivity index (χ3n) is 4.42. The Morgan fingerprint density at radius 1 is 1.56 bits per heavy atom. The lowest BCUT2D eigenvalue weighted by Gasteiger charge is -2.17. The first-order chi connectivity index (χ1) is 12.0. The van der Waals surface area contributed by atoms with Crippen molar-refractivity contribution in [1.29, 1.82) is 0 Å². The summed E-state index contributed by atoms with van der Waals surface area (Å²) in [7, 11) is 0. The second-order valence-electron chi connectivity index (χ2n) is 6.25. The van der Waals surface area contributed by atoms with Gasteiger partial charge in [0.2, 0.25) is 5.91 Å². The number of hydrogen-bond donors (Lipinski definition) is 1. The van der Waals surface area contributed by atoms with Crippen molar-refractivity contribution < 1.29 is 4.79 Å². The lowest BCUT2D eigenvalue weighted by molar-refractivity contribution is -0.118. The van der Waals surface area contributed by atoms with E-state index in [0.29, 0.717) is 17.6 Å². The molecule has 0 unspecified atom stereocenters. The molecule has 132 valence electrons. The van der Waals surface area contributed by atoms with Crippen molar-refractivity contribution >= 4 is 39.2 Å². The van der Waals surface area contributed by atoms with Gasteiger partial charge in [-0.1, -0.05) is 24.6 Å². The highest BCUT2D eigenvalue weighted by atomic mass is 32.2. The molecule has 7 heteroatoms. The highest BCUT2D eigenvalue weighted by Gasteiger charge is 2.24. The normalized spacial score (nSPS) is 16.4. The number of rotatable bonds is 5. The van der Waals surface area contributed by atoms with Gasteiger partial charge in [0.1, 0.15) is 4.83 Å². The first-order valence-corrected chi connectivity index (χ1v) is 10.2. The molecule has 1 amide bonds. The lowest BCUT2D eigenvalue weighted by Crippen LogP contribution is -2.27. The molecule has 0 radical (unpaired) electrons. The number of fused-ring (bicyclic) bond motifs is 3. The zero-order valence-electron chi connectivity index (χ0n) is 14.4. The fourth-order valence-corrected chi connectivity index (χ4v) is 5.44. The number of nitrogens with one attached hydrogen (secondary N) is 1. The second-order valence-corrected chi connectivity index (χ2v) is 8.27. The van der Waals surface area contributed by atoms with Crippen LogP contribution in [-0.4, -0.2) is 27.8 Å². The summed E-state index contributed by atoms with van der Waals surface area (Å²) in [6.07, 6.45) is 8.25. The third kappa shape index (κ3) is 3.60. The fourth-order valence-electron chi connectivity index (χ4n) is 3.12. The van der Waals surface area contributed by atoms with Gasteiger partial charge in [0.05, 0.1) is 17.7 Å². The van der Waals surface area contributed by atoms with E-state index in [4.69, 9.17) is 11.4 Å². The average molecular weight is 376 g/mol. The van der Waals surface area contributed by atoms with Gasteiger partial charge < -0.3 is 5.32 Å². The van der Waals surface area contributed by atoms with Crippen LogP contribution in [0.15, 0.2) is 9.95 Å². The first-order valence-electron chi connectivity index (χ1n) is 8.43. The molecular weight excluding hydrogens is 354 g/mol. The maximum absolute atomic E-state index is 13.0. The van der Waals surface area contributed by atoms with Crippen LogP contribution in [0, 0.1) is 18.3 Å². The van der Waals surface area contributed by atoms with Crippen molar-refractivity contribution in [1.82, 2.24) is 14.9 Å². The van der Waals surface area contributed by atoms with Gasteiger partial charge in [-0.25, -0.2) is 4.98 Å². The molecule has 2 aromatic rings. The Morgan fingerprint density at radius 2 is 2.36 bits per heavy atom. The van der Waals surface area contributed by atoms with E-state index in [9.17, 15) is 9.59 Å². The van der Waals surface area contributed by atoms with Crippen molar-refractivity contribution in [2.75, 3.05) is 12.3 Å². The molecule has 2 heterocycles. The molecule has 0 aromatic carbocycles. The fraction of sp³-hybridized carbons (Fsp3) is 0.500. The Morgan fingerprint density at radius 3 is 3.08 bits per heavy atom. The number of carbonyl (C=O) groups excluding carboxylic acids is 1. The summed E-state index contributed by atoms with van der Waals surface area (Å²) < 4.78 is 1.67. The van der Waals surface area contributed by atoms with Crippen molar-refractivity contribution in [3.63, 3.8) is 0 Å². The van der Waals surface area contributed by atoms with Gasteiger partial charge >= 0.3 is 0 Å². The Labute approximate surface area is 155 Å². The monoisotopic (exact) mass is 375 g/mol. The number of amides is 1. The first kappa shape index (κ1) is 18.0. The van der Waals surface area contributed by atoms with Gasteiger partial charge in [-0.05, 0) is 37.7 Å². The number of thiophene rings is 1. The predicted molar refractivity (Wildman–Crippen MR) is 103 cm³/mol. The van der Waals surface area contributed by atoms with Crippen molar-refractivity contribution in [2.45, 2.75) is 44.8 Å². The van der Waals surface area contributed by atoms with E-state index in [1.807, 2.05) is 6.92 Å². The highest BCUT2D eigenvalue weighted by molar-refractivity contribution is 7.99. The van der Waals surface area contributed by atoms with Gasteiger partial charge in [0, 0.05) is 11.4 Å². The van der Waals surface area contributed by atoms with Crippen LogP contribution < -0.4 is 10.9 Å². The molecule has 1 aliphatic carbocycles. The standard InChI is InChI=1S/C18H21N3O2S2/c1-4-8-19-14(22)10-24-18-20-16-15(17(23)21(18)5-2)12-7-6-11(3)9-13(12)25-16/h1,11H,5-10H2,2-3H3,(H,19,22)/t11-/m0/s1. The summed E-state index contributed by atoms with van der Waals surface area (Å²) in [6.45, 7) is 4.93. The zero-order valence-corrected chi connectivity index (χ0v) is 16.1. The van der Waals surface area contributed by atoms with Gasteiger partial charge in [0.15, 0.2) is 5.16 Å². The van der Waals surface area contributed by atoms with Crippen molar-refractivity contribution in [3.05, 3.63) is 20.8 Å². The number of terminal acetylenes is 1. The largest absolute Gasteiger partial charge is 0.344 e. The minimum atomic E-state index is -0.153. The predicted octanol–water partition coefficient (Wildman–Crippen LogP) is 2.44. The summed E-state index contributed by atoms with van der Waals surface area (Å²) >= 11 is 2.92. The summed E-state index contributed by atoms with van der Waals surface area (Å²) in [4.78, 5) is 31.6. The van der Waals surface area contributed by atoms with Crippen molar-refractivity contribution in [3.8, 4) is 12.3 Å². The molecule has 0 bridgehead atoms. The number of carbonyl (C=O) groups is 1. The van der Waals surface area contributed by atoms with E-state index < -0.39 is 0 Å². The van der Waals surface area contributed by atoms with Crippen LogP contribution in [0.5, 0.6) is 0 Å². The van der Waals surface area contributed by atoms with E-state index in [1.165, 1.54) is 22.2 Å². The van der Waals surface area contributed by atoms with Gasteiger partial charge in [-0.2, -0.15) is 0 Å². The number of thioether (sulfide) groups is 1. The molecule has 25 heavy (non-hydrogen) atoms. The number of aromatic nitrogens is 2. The molecule has 3 rings (SSSR count). The van der Waals surface area contributed by atoms with Crippen LogP contribution in [0.1, 0.15) is 30.7 Å². The Hall–Kier alpha value is -1.78. The highest BCUT2D eigenvalue weighted by Crippen LogP contribution is 2.36. The quantitative estimate of drug-likeness (QED) is 0.495. The maximum atomic E-state index is 13.0. The zero-order chi connectivity index (χ0) is 18.0. The molecular formula is C18H21N3O2S2. The van der Waals surface area contributed by atoms with Crippen LogP contribution in [-0.2, 0) is 24.2 Å². The molecule has 0 saturated heterocycles.